The monoisotopic (exact) mass is 737 g/mol. The van der Waals surface area contributed by atoms with Crippen LogP contribution in [0.2, 0.25) is 0 Å². The van der Waals surface area contributed by atoms with Gasteiger partial charge in [0.25, 0.3) is 12.3 Å². The number of carbonyl (C=O) groups excluding carboxylic acids is 2. The summed E-state index contributed by atoms with van der Waals surface area (Å²) in [6.07, 6.45) is -5.57. The van der Waals surface area contributed by atoms with E-state index in [1.165, 1.54) is 17.7 Å². The molecule has 2 saturated heterocycles. The molecular weight excluding hydrogens is 697 g/mol. The zero-order valence-electron chi connectivity index (χ0n) is 28.9. The third-order valence-corrected chi connectivity index (χ3v) is 11.1. The molecule has 14 heteroatoms. The summed E-state index contributed by atoms with van der Waals surface area (Å²) in [4.78, 5) is 49.8. The van der Waals surface area contributed by atoms with Gasteiger partial charge < -0.3 is 15.3 Å². The molecule has 1 aromatic heterocycles. The van der Waals surface area contributed by atoms with Gasteiger partial charge in [-0.1, -0.05) is 60.7 Å². The van der Waals surface area contributed by atoms with Crippen LogP contribution in [0.3, 0.4) is 0 Å². The predicted octanol–water partition coefficient (Wildman–Crippen LogP) is 6.00. The molecule has 2 N–H and O–H groups in total. The van der Waals surface area contributed by atoms with Crippen LogP contribution in [0, 0.1) is 5.41 Å². The number of amides is 2. The fourth-order valence-electron chi connectivity index (χ4n) is 7.91. The van der Waals surface area contributed by atoms with Crippen LogP contribution in [0.1, 0.15) is 41.6 Å². The number of alkyl halides is 5. The van der Waals surface area contributed by atoms with Crippen LogP contribution >= 0.6 is 0 Å². The van der Waals surface area contributed by atoms with E-state index >= 15 is 0 Å². The van der Waals surface area contributed by atoms with Crippen molar-refractivity contribution in [3.8, 4) is 11.3 Å². The average molecular weight is 738 g/mol. The molecule has 0 spiro atoms. The highest BCUT2D eigenvalue weighted by molar-refractivity contribution is 6.12. The lowest BCUT2D eigenvalue weighted by atomic mass is 9.76. The summed E-state index contributed by atoms with van der Waals surface area (Å²) in [5.41, 5.74) is -0.615. The van der Waals surface area contributed by atoms with Crippen molar-refractivity contribution < 1.29 is 41.4 Å². The van der Waals surface area contributed by atoms with Crippen LogP contribution in [-0.4, -0.2) is 113 Å². The first-order valence-corrected chi connectivity index (χ1v) is 17.9. The molecule has 2 aliphatic heterocycles. The number of halogens is 5. The van der Waals surface area contributed by atoms with Gasteiger partial charge in [-0.3, -0.25) is 24.4 Å². The van der Waals surface area contributed by atoms with Crippen molar-refractivity contribution >= 4 is 39.3 Å². The third kappa shape index (κ3) is 7.30. The van der Waals surface area contributed by atoms with Gasteiger partial charge in [0.1, 0.15) is 11.5 Å². The Morgan fingerprint density at radius 3 is 2.13 bits per heavy atom. The van der Waals surface area contributed by atoms with Crippen molar-refractivity contribution in [2.75, 3.05) is 45.8 Å². The minimum atomic E-state index is -5.02. The number of aromatic nitrogens is 1. The fraction of sp³-hybridized carbons (Fsp3) is 0.436. The van der Waals surface area contributed by atoms with E-state index < -0.39 is 55.3 Å². The molecule has 2 amide bonds. The molecule has 0 bridgehead atoms. The lowest BCUT2D eigenvalue weighted by molar-refractivity contribution is -0.233. The number of carboxylic acids is 1. The first kappa shape index (κ1) is 36.7. The number of rotatable bonds is 10. The van der Waals surface area contributed by atoms with Gasteiger partial charge in [0, 0.05) is 55.8 Å². The number of hydrogen-bond donors (Lipinski definition) is 2. The van der Waals surface area contributed by atoms with E-state index in [-0.39, 0.29) is 25.4 Å². The number of piperazine rings is 1. The van der Waals surface area contributed by atoms with Crippen LogP contribution in [-0.2, 0) is 16.0 Å². The van der Waals surface area contributed by atoms with Gasteiger partial charge >= 0.3 is 12.1 Å². The molecule has 1 atom stereocenters. The van der Waals surface area contributed by atoms with Gasteiger partial charge in [0.15, 0.2) is 0 Å². The lowest BCUT2D eigenvalue weighted by Crippen LogP contribution is -2.59. The van der Waals surface area contributed by atoms with Crippen LogP contribution in [0.5, 0.6) is 0 Å². The number of hydrogen-bond acceptors (Lipinski definition) is 6. The Balaban J connectivity index is 1.16. The van der Waals surface area contributed by atoms with E-state index in [1.54, 1.807) is 30.5 Å². The maximum Gasteiger partial charge on any atom is 0.403 e. The number of likely N-dealkylation sites (tertiary alicyclic amines) is 1. The summed E-state index contributed by atoms with van der Waals surface area (Å²) in [5, 5.41) is 15.1. The second kappa shape index (κ2) is 14.6. The van der Waals surface area contributed by atoms with Gasteiger partial charge in [-0.15, -0.1) is 0 Å². The second-order valence-corrected chi connectivity index (χ2v) is 14.3. The van der Waals surface area contributed by atoms with Gasteiger partial charge in [-0.05, 0) is 60.5 Å². The number of pyridine rings is 1. The highest BCUT2D eigenvalue weighted by Crippen LogP contribution is 2.47. The molecule has 7 rings (SSSR count). The summed E-state index contributed by atoms with van der Waals surface area (Å²) >= 11 is 0. The number of benzene rings is 3. The van der Waals surface area contributed by atoms with Gasteiger partial charge in [0.2, 0.25) is 5.91 Å². The largest absolute Gasteiger partial charge is 0.480 e. The molecule has 3 aromatic carbocycles. The van der Waals surface area contributed by atoms with Crippen molar-refractivity contribution in [2.24, 2.45) is 5.41 Å². The van der Waals surface area contributed by atoms with E-state index in [2.05, 4.69) is 10.2 Å². The molecule has 9 nitrogen and oxygen atoms in total. The molecule has 1 saturated carbocycles. The maximum absolute atomic E-state index is 14.4. The Morgan fingerprint density at radius 2 is 1.49 bits per heavy atom. The number of nitrogens with zero attached hydrogens (tertiary/aromatic N) is 4. The summed E-state index contributed by atoms with van der Waals surface area (Å²) < 4.78 is 69.1. The van der Waals surface area contributed by atoms with E-state index in [9.17, 15) is 41.4 Å². The highest BCUT2D eigenvalue weighted by atomic mass is 19.4. The molecule has 3 aliphatic rings. The average Bonchev–Trinajstić information content (AvgIpc) is 3.99. The molecule has 280 valence electrons. The SMILES string of the molecule is O=C(O)[C@H](Cc1cccc2c(-c3ncc(C(=O)N4CCN(C5CC5)CC4)c4ccccc34)cccc12)NC(=O)C1(C(F)(F)F)CCN(CC(F)F)CC1. The molecule has 0 radical (unpaired) electrons. The quantitative estimate of drug-likeness (QED) is 0.193. The number of nitrogens with one attached hydrogen (secondary N) is 1. The van der Waals surface area contributed by atoms with Gasteiger partial charge in [-0.25, -0.2) is 13.6 Å². The molecule has 3 heterocycles. The highest BCUT2D eigenvalue weighted by Gasteiger charge is 2.61. The molecule has 3 fully saturated rings. The first-order chi connectivity index (χ1) is 25.4. The van der Waals surface area contributed by atoms with Crippen molar-refractivity contribution in [3.63, 3.8) is 0 Å². The van der Waals surface area contributed by atoms with Crippen LogP contribution < -0.4 is 5.32 Å². The lowest BCUT2D eigenvalue weighted by Gasteiger charge is -2.41. The zero-order chi connectivity index (χ0) is 37.5. The first-order valence-electron chi connectivity index (χ1n) is 17.9. The van der Waals surface area contributed by atoms with Crippen LogP contribution in [0.4, 0.5) is 22.0 Å². The number of piperidine rings is 1. The smallest absolute Gasteiger partial charge is 0.403 e. The predicted molar refractivity (Wildman–Crippen MR) is 189 cm³/mol. The number of carbonyl (C=O) groups is 3. The van der Waals surface area contributed by atoms with Gasteiger partial charge in [-0.2, -0.15) is 13.2 Å². The van der Waals surface area contributed by atoms with Gasteiger partial charge in [0.05, 0.1) is 17.8 Å². The Kier molecular flexibility index (Phi) is 10.1. The standard InChI is InChI=1S/C39H40F5N5O4/c40-33(41)23-47-15-13-38(14-16-47,39(42,43)44)37(53)46-32(36(51)52)21-24-5-3-9-27-26(24)8-4-10-30(27)34-29-7-2-1-6-28(29)31(22-45-34)35(50)49-19-17-48(18-20-49)25-11-12-25/h1-10,22,25,32-33H,11-21,23H2,(H,46,53)(H,51,52)/t32-/m0/s1. The second-order valence-electron chi connectivity index (χ2n) is 14.3. The fourth-order valence-corrected chi connectivity index (χ4v) is 7.91. The van der Waals surface area contributed by atoms with E-state index in [0.29, 0.717) is 52.3 Å². The third-order valence-electron chi connectivity index (χ3n) is 11.1. The Hall–Kier alpha value is -4.69. The van der Waals surface area contributed by atoms with Crippen LogP contribution in [0.25, 0.3) is 32.8 Å². The molecule has 53 heavy (non-hydrogen) atoms. The minimum absolute atomic E-state index is 0.0799. The Bertz CT molecular complexity index is 2020. The molecule has 1 aliphatic carbocycles. The number of carboxylic acid groups (broad SMARTS) is 1. The zero-order valence-corrected chi connectivity index (χ0v) is 28.9. The van der Waals surface area contributed by atoms with E-state index in [0.717, 1.165) is 23.9 Å². The van der Waals surface area contributed by atoms with Crippen LogP contribution in [0.15, 0.2) is 66.9 Å². The molecule has 0 unspecified atom stereocenters. The normalized spacial score (nSPS) is 19.1. The minimum Gasteiger partial charge on any atom is -0.480 e. The van der Waals surface area contributed by atoms with Crippen molar-refractivity contribution in [1.82, 2.24) is 25.0 Å². The van der Waals surface area contributed by atoms with Crippen molar-refractivity contribution in [2.45, 2.75) is 56.8 Å². The summed E-state index contributed by atoms with van der Waals surface area (Å²) in [6.45, 7) is 1.51. The molecule has 4 aromatic rings. The van der Waals surface area contributed by atoms with Crippen molar-refractivity contribution in [1.29, 1.82) is 0 Å². The number of fused-ring (bicyclic) bond motifs is 2. The maximum atomic E-state index is 14.4. The summed E-state index contributed by atoms with van der Waals surface area (Å²) in [6, 6.07) is 17.1. The topological polar surface area (TPSA) is 106 Å². The Labute approximate surface area is 302 Å². The van der Waals surface area contributed by atoms with E-state index in [4.69, 9.17) is 4.98 Å². The Morgan fingerprint density at radius 1 is 0.849 bits per heavy atom. The van der Waals surface area contributed by atoms with E-state index in [1.807, 2.05) is 41.3 Å². The summed E-state index contributed by atoms with van der Waals surface area (Å²) in [5.74, 6) is -3.07. The molecular formula is C39H40F5N5O4. The number of aliphatic carboxylic acids is 1. The van der Waals surface area contributed by atoms with Crippen molar-refractivity contribution in [3.05, 3.63) is 78.0 Å². The summed E-state index contributed by atoms with van der Waals surface area (Å²) in [7, 11) is 0.